The van der Waals surface area contributed by atoms with Crippen LogP contribution in [0.4, 0.5) is 0 Å². The van der Waals surface area contributed by atoms with Gasteiger partial charge in [0.05, 0.1) is 0 Å². The molecular weight excluding hydrogens is 182 g/mol. The molecule has 82 valence electrons. The highest BCUT2D eigenvalue weighted by Crippen LogP contribution is 2.20. The summed E-state index contributed by atoms with van der Waals surface area (Å²) in [4.78, 5) is 0. The first kappa shape index (κ1) is 12.0. The van der Waals surface area contributed by atoms with Gasteiger partial charge in [0.2, 0.25) is 0 Å². The maximum atomic E-state index is 3.33. The fourth-order valence-corrected chi connectivity index (χ4v) is 1.89. The monoisotopic (exact) mass is 203 g/mol. The summed E-state index contributed by atoms with van der Waals surface area (Å²) in [6.45, 7) is 6.42. The lowest BCUT2D eigenvalue weighted by atomic mass is 9.99. The minimum atomic E-state index is 0.475. The molecule has 0 radical (unpaired) electrons. The van der Waals surface area contributed by atoms with Gasteiger partial charge in [-0.2, -0.15) is 0 Å². The Labute approximate surface area is 93.2 Å². The first-order chi connectivity index (χ1) is 7.22. The van der Waals surface area contributed by atoms with Crippen molar-refractivity contribution in [1.29, 1.82) is 0 Å². The van der Waals surface area contributed by atoms with Crippen LogP contribution >= 0.6 is 0 Å². The van der Waals surface area contributed by atoms with Gasteiger partial charge < -0.3 is 5.32 Å². The van der Waals surface area contributed by atoms with Crippen molar-refractivity contribution in [2.75, 3.05) is 7.05 Å². The maximum Gasteiger partial charge on any atom is 0.0314 e. The van der Waals surface area contributed by atoms with E-state index in [9.17, 15) is 0 Å². The molecule has 0 fully saturated rings. The van der Waals surface area contributed by atoms with Crippen LogP contribution in [0.1, 0.15) is 43.0 Å². The molecule has 0 aliphatic heterocycles. The molecule has 1 atom stereocenters. The van der Waals surface area contributed by atoms with E-state index in [4.69, 9.17) is 0 Å². The summed E-state index contributed by atoms with van der Waals surface area (Å²) < 4.78 is 0. The van der Waals surface area contributed by atoms with Gasteiger partial charge in [-0.3, -0.25) is 0 Å². The number of nitrogens with one attached hydrogen (secondary N) is 1. The van der Waals surface area contributed by atoms with Crippen LogP contribution in [0.25, 0.3) is 6.08 Å². The number of allylic oxidation sites excluding steroid dienone is 1. The predicted octanol–water partition coefficient (Wildman–Crippen LogP) is 3.70. The summed E-state index contributed by atoms with van der Waals surface area (Å²) in [5, 5.41) is 3.33. The first-order valence-corrected chi connectivity index (χ1v) is 5.63. The third-order valence-electron chi connectivity index (χ3n) is 2.80. The fraction of sp³-hybridized carbons (Fsp3) is 0.429. The molecule has 0 saturated carbocycles. The van der Waals surface area contributed by atoms with Crippen molar-refractivity contribution in [2.24, 2.45) is 0 Å². The molecule has 1 N–H and O–H groups in total. The van der Waals surface area contributed by atoms with E-state index >= 15 is 0 Å². The zero-order chi connectivity index (χ0) is 11.3. The molecule has 1 unspecified atom stereocenters. The molecule has 0 heterocycles. The Morgan fingerprint density at radius 3 is 2.60 bits per heavy atom. The van der Waals surface area contributed by atoms with Crippen LogP contribution in [0, 0.1) is 6.92 Å². The zero-order valence-electron chi connectivity index (χ0n) is 10.2. The highest BCUT2D eigenvalue weighted by molar-refractivity contribution is 5.54. The highest BCUT2D eigenvalue weighted by Gasteiger charge is 2.06. The second kappa shape index (κ2) is 5.72. The highest BCUT2D eigenvalue weighted by atomic mass is 14.9. The minimum Gasteiger partial charge on any atom is -0.313 e. The smallest absolute Gasteiger partial charge is 0.0314 e. The maximum absolute atomic E-state index is 3.33. The second-order valence-corrected chi connectivity index (χ2v) is 3.87. The molecule has 1 nitrogen and oxygen atoms in total. The molecule has 1 heteroatoms. The molecule has 0 aromatic heterocycles. The normalized spacial score (nSPS) is 13.3. The van der Waals surface area contributed by atoms with E-state index in [-0.39, 0.29) is 0 Å². The van der Waals surface area contributed by atoms with E-state index in [0.29, 0.717) is 6.04 Å². The second-order valence-electron chi connectivity index (χ2n) is 3.87. The van der Waals surface area contributed by atoms with E-state index < -0.39 is 0 Å². The van der Waals surface area contributed by atoms with E-state index in [1.807, 2.05) is 7.05 Å². The van der Waals surface area contributed by atoms with Crippen LogP contribution in [0.15, 0.2) is 24.3 Å². The van der Waals surface area contributed by atoms with E-state index in [1.165, 1.54) is 16.7 Å². The molecule has 0 saturated heterocycles. The standard InChI is InChI=1S/C14H21N/c1-5-7-12-8-9-13(10-11(12)3)14(6-2)15-4/h5,7-10,14-15H,6H2,1-4H3/b7-5-. The Kier molecular flexibility index (Phi) is 4.57. The van der Waals surface area contributed by atoms with Gasteiger partial charge in [-0.1, -0.05) is 37.3 Å². The van der Waals surface area contributed by atoms with E-state index in [1.54, 1.807) is 0 Å². The fourth-order valence-electron chi connectivity index (χ4n) is 1.89. The molecular formula is C14H21N. The molecule has 1 aromatic carbocycles. The van der Waals surface area contributed by atoms with Crippen LogP contribution in [0.2, 0.25) is 0 Å². The topological polar surface area (TPSA) is 12.0 Å². The third kappa shape index (κ3) is 2.93. The van der Waals surface area contributed by atoms with Crippen molar-refractivity contribution in [3.8, 4) is 0 Å². The van der Waals surface area contributed by atoms with Crippen molar-refractivity contribution in [3.63, 3.8) is 0 Å². The van der Waals surface area contributed by atoms with Gasteiger partial charge in [-0.15, -0.1) is 0 Å². The number of benzene rings is 1. The van der Waals surface area contributed by atoms with Gasteiger partial charge in [-0.25, -0.2) is 0 Å². The molecule has 1 aromatic rings. The lowest BCUT2D eigenvalue weighted by Gasteiger charge is -2.15. The molecule has 0 spiro atoms. The quantitative estimate of drug-likeness (QED) is 0.786. The van der Waals surface area contributed by atoms with Crippen LogP contribution in [0.3, 0.4) is 0 Å². The third-order valence-corrected chi connectivity index (χ3v) is 2.80. The molecule has 1 rings (SSSR count). The molecule has 15 heavy (non-hydrogen) atoms. The summed E-state index contributed by atoms with van der Waals surface area (Å²) >= 11 is 0. The van der Waals surface area contributed by atoms with Gasteiger partial charge in [0.25, 0.3) is 0 Å². The SMILES string of the molecule is C/C=C\c1ccc(C(CC)NC)cc1C. The van der Waals surface area contributed by atoms with Crippen LogP contribution in [-0.2, 0) is 0 Å². The van der Waals surface area contributed by atoms with E-state index in [0.717, 1.165) is 6.42 Å². The average Bonchev–Trinajstić information content (AvgIpc) is 2.24. The Balaban J connectivity index is 2.99. The summed E-state index contributed by atoms with van der Waals surface area (Å²) in [7, 11) is 2.02. The van der Waals surface area contributed by atoms with Crippen LogP contribution < -0.4 is 5.32 Å². The van der Waals surface area contributed by atoms with Gasteiger partial charge in [-0.05, 0) is 44.0 Å². The molecule has 0 aliphatic rings. The largest absolute Gasteiger partial charge is 0.313 e. The predicted molar refractivity (Wildman–Crippen MR) is 68.0 cm³/mol. The van der Waals surface area contributed by atoms with Crippen LogP contribution in [-0.4, -0.2) is 7.05 Å². The first-order valence-electron chi connectivity index (χ1n) is 5.63. The lowest BCUT2D eigenvalue weighted by Crippen LogP contribution is -2.15. The molecule has 0 aliphatic carbocycles. The van der Waals surface area contributed by atoms with Crippen molar-refractivity contribution in [2.45, 2.75) is 33.2 Å². The molecule has 0 bridgehead atoms. The van der Waals surface area contributed by atoms with E-state index in [2.05, 4.69) is 56.4 Å². The number of rotatable bonds is 4. The van der Waals surface area contributed by atoms with Crippen LogP contribution in [0.5, 0.6) is 0 Å². The van der Waals surface area contributed by atoms with Gasteiger partial charge in [0, 0.05) is 6.04 Å². The Hall–Kier alpha value is -1.08. The van der Waals surface area contributed by atoms with Gasteiger partial charge >= 0.3 is 0 Å². The Morgan fingerprint density at radius 2 is 2.13 bits per heavy atom. The van der Waals surface area contributed by atoms with Gasteiger partial charge in [0.1, 0.15) is 0 Å². The summed E-state index contributed by atoms with van der Waals surface area (Å²) in [6.07, 6.45) is 5.36. The van der Waals surface area contributed by atoms with Crippen molar-refractivity contribution in [3.05, 3.63) is 41.0 Å². The average molecular weight is 203 g/mol. The zero-order valence-corrected chi connectivity index (χ0v) is 10.2. The lowest BCUT2D eigenvalue weighted by molar-refractivity contribution is 0.576. The minimum absolute atomic E-state index is 0.475. The Bertz CT molecular complexity index is 335. The Morgan fingerprint density at radius 1 is 1.40 bits per heavy atom. The van der Waals surface area contributed by atoms with Gasteiger partial charge in [0.15, 0.2) is 0 Å². The summed E-state index contributed by atoms with van der Waals surface area (Å²) in [5.41, 5.74) is 4.04. The number of aryl methyl sites for hydroxylation is 1. The summed E-state index contributed by atoms with van der Waals surface area (Å²) in [6, 6.07) is 7.17. The number of hydrogen-bond acceptors (Lipinski definition) is 1. The summed E-state index contributed by atoms with van der Waals surface area (Å²) in [5.74, 6) is 0. The molecule has 0 amide bonds. The van der Waals surface area contributed by atoms with Crippen molar-refractivity contribution >= 4 is 6.08 Å². The number of hydrogen-bond donors (Lipinski definition) is 1. The van der Waals surface area contributed by atoms with Crippen molar-refractivity contribution < 1.29 is 0 Å². The van der Waals surface area contributed by atoms with Crippen molar-refractivity contribution in [1.82, 2.24) is 5.32 Å².